The number of aryl methyl sites for hydroxylation is 1. The molecule has 1 aliphatic rings. The molecule has 1 saturated carbocycles. The summed E-state index contributed by atoms with van der Waals surface area (Å²) in [5, 5.41) is 3.41. The Morgan fingerprint density at radius 3 is 2.59 bits per heavy atom. The summed E-state index contributed by atoms with van der Waals surface area (Å²) in [7, 11) is 0. The van der Waals surface area contributed by atoms with E-state index in [1.807, 2.05) is 0 Å². The Morgan fingerprint density at radius 2 is 2.06 bits per heavy atom. The Hall–Kier alpha value is -0.960. The van der Waals surface area contributed by atoms with Crippen LogP contribution in [-0.4, -0.2) is 16.0 Å². The van der Waals surface area contributed by atoms with Gasteiger partial charge in [0.25, 0.3) is 0 Å². The quantitative estimate of drug-likeness (QED) is 0.869. The van der Waals surface area contributed by atoms with E-state index < -0.39 is 0 Å². The maximum atomic E-state index is 4.69. The highest BCUT2D eigenvalue weighted by Gasteiger charge is 2.48. The molecule has 2 rings (SSSR count). The number of aromatic nitrogens is 2. The molecule has 1 aromatic heterocycles. The lowest BCUT2D eigenvalue weighted by Gasteiger charge is -2.10. The molecule has 0 aromatic carbocycles. The molecule has 1 unspecified atom stereocenters. The fraction of sp³-hybridized carbons (Fsp3) is 0.714. The van der Waals surface area contributed by atoms with Crippen molar-refractivity contribution < 1.29 is 0 Å². The van der Waals surface area contributed by atoms with Crippen LogP contribution in [0.2, 0.25) is 0 Å². The lowest BCUT2D eigenvalue weighted by atomic mass is 10.1. The number of hydrogen-bond donors (Lipinski definition) is 1. The summed E-state index contributed by atoms with van der Waals surface area (Å²) in [5.41, 5.74) is 2.60. The molecule has 0 aliphatic heterocycles. The molecule has 3 nitrogen and oxygen atoms in total. The van der Waals surface area contributed by atoms with Crippen molar-refractivity contribution in [1.29, 1.82) is 0 Å². The Kier molecular flexibility index (Phi) is 3.21. The van der Waals surface area contributed by atoms with Gasteiger partial charge in [0.2, 0.25) is 0 Å². The van der Waals surface area contributed by atoms with Gasteiger partial charge in [-0.3, -0.25) is 0 Å². The Morgan fingerprint density at radius 1 is 1.41 bits per heavy atom. The molecule has 1 heterocycles. The van der Waals surface area contributed by atoms with E-state index in [0.29, 0.717) is 17.4 Å². The average molecular weight is 233 g/mol. The second-order valence-corrected chi connectivity index (χ2v) is 6.14. The van der Waals surface area contributed by atoms with Gasteiger partial charge in [-0.15, -0.1) is 0 Å². The van der Waals surface area contributed by atoms with Crippen LogP contribution in [-0.2, 0) is 6.54 Å². The molecule has 0 saturated heterocycles. The van der Waals surface area contributed by atoms with Crippen LogP contribution in [0.3, 0.4) is 0 Å². The first-order valence-corrected chi connectivity index (χ1v) is 6.46. The normalized spacial score (nSPS) is 21.9. The largest absolute Gasteiger partial charge is 0.309 e. The van der Waals surface area contributed by atoms with Gasteiger partial charge in [0.05, 0.1) is 5.69 Å². The standard InChI is InChI=1S/C14H23N3/c1-9(2)15-8-11-6-10(3)16-13(17-11)12-7-14(12,4)5/h6,9,12,15H,7-8H2,1-5H3. The Bertz CT molecular complexity index is 410. The first-order chi connectivity index (χ1) is 7.88. The summed E-state index contributed by atoms with van der Waals surface area (Å²) < 4.78 is 0. The van der Waals surface area contributed by atoms with Gasteiger partial charge in [0.1, 0.15) is 5.82 Å². The number of hydrogen-bond acceptors (Lipinski definition) is 3. The Labute approximate surface area is 104 Å². The van der Waals surface area contributed by atoms with Gasteiger partial charge in [0, 0.05) is 24.2 Å². The maximum Gasteiger partial charge on any atom is 0.132 e. The van der Waals surface area contributed by atoms with Crippen molar-refractivity contribution in [3.63, 3.8) is 0 Å². The molecule has 1 fully saturated rings. The SMILES string of the molecule is Cc1cc(CNC(C)C)nc(C2CC2(C)C)n1. The molecule has 3 heteroatoms. The highest BCUT2D eigenvalue weighted by atomic mass is 15.0. The lowest BCUT2D eigenvalue weighted by molar-refractivity contribution is 0.572. The van der Waals surface area contributed by atoms with Gasteiger partial charge < -0.3 is 5.32 Å². The summed E-state index contributed by atoms with van der Waals surface area (Å²) in [6, 6.07) is 2.57. The molecule has 1 aromatic rings. The molecular weight excluding hydrogens is 210 g/mol. The zero-order valence-corrected chi connectivity index (χ0v) is 11.5. The summed E-state index contributed by atoms with van der Waals surface area (Å²) >= 11 is 0. The van der Waals surface area contributed by atoms with E-state index in [4.69, 9.17) is 0 Å². The van der Waals surface area contributed by atoms with Crippen molar-refractivity contribution in [3.8, 4) is 0 Å². The van der Waals surface area contributed by atoms with Crippen LogP contribution in [0.15, 0.2) is 6.07 Å². The van der Waals surface area contributed by atoms with Gasteiger partial charge >= 0.3 is 0 Å². The first kappa shape index (κ1) is 12.5. The minimum atomic E-state index is 0.399. The van der Waals surface area contributed by atoms with E-state index in [1.54, 1.807) is 0 Å². The summed E-state index contributed by atoms with van der Waals surface area (Å²) in [4.78, 5) is 9.27. The summed E-state index contributed by atoms with van der Waals surface area (Å²) in [5.74, 6) is 1.59. The van der Waals surface area contributed by atoms with Crippen LogP contribution in [0.1, 0.15) is 57.2 Å². The second-order valence-electron chi connectivity index (χ2n) is 6.14. The average Bonchev–Trinajstić information content (AvgIpc) is 2.84. The molecule has 1 N–H and O–H groups in total. The van der Waals surface area contributed by atoms with E-state index in [9.17, 15) is 0 Å². The zero-order chi connectivity index (χ0) is 12.6. The highest BCUT2D eigenvalue weighted by molar-refractivity contribution is 5.20. The van der Waals surface area contributed by atoms with Crippen LogP contribution < -0.4 is 5.32 Å². The van der Waals surface area contributed by atoms with Crippen LogP contribution in [0.25, 0.3) is 0 Å². The number of nitrogens with one attached hydrogen (secondary N) is 1. The van der Waals surface area contributed by atoms with Crippen LogP contribution in [0.5, 0.6) is 0 Å². The lowest BCUT2D eigenvalue weighted by Crippen LogP contribution is -2.23. The van der Waals surface area contributed by atoms with Crippen LogP contribution >= 0.6 is 0 Å². The molecule has 17 heavy (non-hydrogen) atoms. The third-order valence-electron chi connectivity index (χ3n) is 3.44. The van der Waals surface area contributed by atoms with Crippen molar-refractivity contribution >= 4 is 0 Å². The summed E-state index contributed by atoms with van der Waals surface area (Å²) in [6.07, 6.45) is 1.22. The third kappa shape index (κ3) is 3.03. The topological polar surface area (TPSA) is 37.8 Å². The van der Waals surface area contributed by atoms with Gasteiger partial charge in [0.15, 0.2) is 0 Å². The molecule has 1 atom stereocenters. The summed E-state index contributed by atoms with van der Waals surface area (Å²) in [6.45, 7) is 11.8. The minimum Gasteiger partial charge on any atom is -0.309 e. The van der Waals surface area contributed by atoms with Crippen molar-refractivity contribution in [3.05, 3.63) is 23.3 Å². The molecule has 0 bridgehead atoms. The monoisotopic (exact) mass is 233 g/mol. The molecule has 0 amide bonds. The predicted molar refractivity (Wildman–Crippen MR) is 69.9 cm³/mol. The van der Waals surface area contributed by atoms with Crippen LogP contribution in [0.4, 0.5) is 0 Å². The van der Waals surface area contributed by atoms with E-state index in [1.165, 1.54) is 6.42 Å². The van der Waals surface area contributed by atoms with Gasteiger partial charge in [-0.05, 0) is 24.8 Å². The van der Waals surface area contributed by atoms with Gasteiger partial charge in [-0.1, -0.05) is 27.7 Å². The third-order valence-corrected chi connectivity index (χ3v) is 3.44. The zero-order valence-electron chi connectivity index (χ0n) is 11.5. The van der Waals surface area contributed by atoms with Crippen LogP contribution in [0, 0.1) is 12.3 Å². The van der Waals surface area contributed by atoms with Gasteiger partial charge in [-0.2, -0.15) is 0 Å². The predicted octanol–water partition coefficient (Wildman–Crippen LogP) is 2.80. The highest BCUT2D eigenvalue weighted by Crippen LogP contribution is 2.57. The molecule has 0 radical (unpaired) electrons. The fourth-order valence-electron chi connectivity index (χ4n) is 2.12. The fourth-order valence-corrected chi connectivity index (χ4v) is 2.12. The van der Waals surface area contributed by atoms with Crippen molar-refractivity contribution in [1.82, 2.24) is 15.3 Å². The van der Waals surface area contributed by atoms with Crippen molar-refractivity contribution in [2.24, 2.45) is 5.41 Å². The molecule has 94 valence electrons. The van der Waals surface area contributed by atoms with E-state index in [-0.39, 0.29) is 0 Å². The number of nitrogens with zero attached hydrogens (tertiary/aromatic N) is 2. The molecular formula is C14H23N3. The molecule has 0 spiro atoms. The molecule has 1 aliphatic carbocycles. The smallest absolute Gasteiger partial charge is 0.132 e. The van der Waals surface area contributed by atoms with E-state index in [2.05, 4.69) is 56.0 Å². The van der Waals surface area contributed by atoms with E-state index >= 15 is 0 Å². The Balaban J connectivity index is 2.13. The van der Waals surface area contributed by atoms with E-state index in [0.717, 1.165) is 23.8 Å². The van der Waals surface area contributed by atoms with Gasteiger partial charge in [-0.25, -0.2) is 9.97 Å². The van der Waals surface area contributed by atoms with Crippen molar-refractivity contribution in [2.75, 3.05) is 0 Å². The second kappa shape index (κ2) is 4.37. The minimum absolute atomic E-state index is 0.399. The first-order valence-electron chi connectivity index (χ1n) is 6.46. The van der Waals surface area contributed by atoms with Crippen molar-refractivity contribution in [2.45, 2.75) is 59.5 Å². The maximum absolute atomic E-state index is 4.69. The number of rotatable bonds is 4.